The summed E-state index contributed by atoms with van der Waals surface area (Å²) in [5.74, 6) is 2.09. The standard InChI is InChI=1S/C18H20N2O2.C2H2O.H2O/c1-11-9-12(2)19-17-14(11)5-6-15-16(22-8-7-21-4)10-13(3)20-18(15)17;1-2-3;/h5-6,9-10H,7-8H2,1-4H3;1H2;1H2. The highest BCUT2D eigenvalue weighted by Crippen LogP contribution is 2.31. The molecule has 0 amide bonds. The summed E-state index contributed by atoms with van der Waals surface area (Å²) in [6.45, 7) is 9.86. The van der Waals surface area contributed by atoms with Crippen LogP contribution in [-0.2, 0) is 9.53 Å². The van der Waals surface area contributed by atoms with Crippen molar-refractivity contribution in [1.82, 2.24) is 9.97 Å². The third kappa shape index (κ3) is 4.64. The van der Waals surface area contributed by atoms with Crippen molar-refractivity contribution in [3.05, 3.63) is 47.8 Å². The number of hydrogen-bond donors (Lipinski definition) is 0. The van der Waals surface area contributed by atoms with E-state index in [2.05, 4.69) is 31.7 Å². The number of nitrogens with zero attached hydrogens (tertiary/aromatic N) is 2. The quantitative estimate of drug-likeness (QED) is 0.407. The van der Waals surface area contributed by atoms with Crippen LogP contribution in [0.3, 0.4) is 0 Å². The van der Waals surface area contributed by atoms with Gasteiger partial charge in [-0.1, -0.05) is 6.07 Å². The molecule has 0 aliphatic rings. The third-order valence-electron chi connectivity index (χ3n) is 3.73. The van der Waals surface area contributed by atoms with E-state index in [1.54, 1.807) is 7.11 Å². The molecule has 26 heavy (non-hydrogen) atoms. The molecule has 0 spiro atoms. The van der Waals surface area contributed by atoms with E-state index < -0.39 is 0 Å². The van der Waals surface area contributed by atoms with Gasteiger partial charge in [0.05, 0.1) is 12.1 Å². The van der Waals surface area contributed by atoms with Crippen molar-refractivity contribution in [2.24, 2.45) is 0 Å². The van der Waals surface area contributed by atoms with Gasteiger partial charge in [0.15, 0.2) is 0 Å². The van der Waals surface area contributed by atoms with Crippen LogP contribution in [0.4, 0.5) is 0 Å². The molecule has 0 aliphatic heterocycles. The molecule has 2 aromatic heterocycles. The molecule has 2 N–H and O–H groups in total. The topological polar surface area (TPSA) is 92.8 Å². The summed E-state index contributed by atoms with van der Waals surface area (Å²) < 4.78 is 10.9. The summed E-state index contributed by atoms with van der Waals surface area (Å²) in [5.41, 5.74) is 4.98. The summed E-state index contributed by atoms with van der Waals surface area (Å²) in [7, 11) is 1.67. The van der Waals surface area contributed by atoms with E-state index in [0.29, 0.717) is 13.2 Å². The maximum absolute atomic E-state index is 8.57. The summed E-state index contributed by atoms with van der Waals surface area (Å²) in [5, 5.41) is 2.13. The lowest BCUT2D eigenvalue weighted by atomic mass is 10.0. The number of ether oxygens (including phenoxy) is 2. The first-order valence-corrected chi connectivity index (χ1v) is 7.96. The Balaban J connectivity index is 0.000000791. The van der Waals surface area contributed by atoms with Crippen LogP contribution in [0.1, 0.15) is 17.0 Å². The second-order valence-electron chi connectivity index (χ2n) is 5.69. The van der Waals surface area contributed by atoms with Gasteiger partial charge in [0.2, 0.25) is 0 Å². The van der Waals surface area contributed by atoms with Crippen molar-refractivity contribution in [2.45, 2.75) is 20.8 Å². The molecular formula is C20H24N2O4. The van der Waals surface area contributed by atoms with E-state index >= 15 is 0 Å². The van der Waals surface area contributed by atoms with Gasteiger partial charge in [0, 0.05) is 35.3 Å². The molecule has 2 heterocycles. The normalized spacial score (nSPS) is 9.85. The first kappa shape index (κ1) is 21.3. The molecule has 0 bridgehead atoms. The van der Waals surface area contributed by atoms with E-state index in [1.807, 2.05) is 19.9 Å². The Hall–Kier alpha value is -2.79. The highest BCUT2D eigenvalue weighted by molar-refractivity contribution is 6.06. The first-order valence-electron chi connectivity index (χ1n) is 7.96. The Bertz CT molecular complexity index is 932. The van der Waals surface area contributed by atoms with Crippen molar-refractivity contribution in [1.29, 1.82) is 0 Å². The molecule has 6 nitrogen and oxygen atoms in total. The smallest absolute Gasteiger partial charge is 0.130 e. The number of benzene rings is 1. The van der Waals surface area contributed by atoms with Gasteiger partial charge < -0.3 is 14.9 Å². The lowest BCUT2D eigenvalue weighted by Gasteiger charge is -2.12. The average Bonchev–Trinajstić information content (AvgIpc) is 2.55. The monoisotopic (exact) mass is 356 g/mol. The summed E-state index contributed by atoms with van der Waals surface area (Å²) >= 11 is 0. The minimum atomic E-state index is 0. The van der Waals surface area contributed by atoms with Gasteiger partial charge in [-0.2, -0.15) is 0 Å². The lowest BCUT2D eigenvalue weighted by Crippen LogP contribution is -2.05. The van der Waals surface area contributed by atoms with E-state index in [4.69, 9.17) is 24.2 Å². The van der Waals surface area contributed by atoms with Gasteiger partial charge >= 0.3 is 0 Å². The number of fused-ring (bicyclic) bond motifs is 3. The zero-order chi connectivity index (χ0) is 18.4. The Morgan fingerprint density at radius 3 is 2.15 bits per heavy atom. The average molecular weight is 356 g/mol. The van der Waals surface area contributed by atoms with Gasteiger partial charge in [0.25, 0.3) is 0 Å². The lowest BCUT2D eigenvalue weighted by molar-refractivity contribution is 0.147. The second kappa shape index (κ2) is 9.63. The maximum Gasteiger partial charge on any atom is 0.130 e. The predicted molar refractivity (Wildman–Crippen MR) is 104 cm³/mol. The molecule has 3 rings (SSSR count). The van der Waals surface area contributed by atoms with E-state index in [-0.39, 0.29) is 5.48 Å². The molecular weight excluding hydrogens is 332 g/mol. The number of carbonyl (C=O) groups excluding carboxylic acids is 1. The number of rotatable bonds is 4. The SMILES string of the molecule is C=C=O.COCCOc1cc(C)nc2c1ccc1c(C)cc(C)nc12.O. The van der Waals surface area contributed by atoms with Crippen molar-refractivity contribution in [3.8, 4) is 5.75 Å². The molecule has 1 aromatic carbocycles. The van der Waals surface area contributed by atoms with Crippen molar-refractivity contribution in [2.75, 3.05) is 20.3 Å². The summed E-state index contributed by atoms with van der Waals surface area (Å²) in [6.07, 6.45) is 0. The Kier molecular flexibility index (Phi) is 7.87. The second-order valence-corrected chi connectivity index (χ2v) is 5.69. The molecule has 0 radical (unpaired) electrons. The van der Waals surface area contributed by atoms with Gasteiger partial charge in [-0.15, -0.1) is 0 Å². The van der Waals surface area contributed by atoms with Gasteiger partial charge in [0.1, 0.15) is 23.8 Å². The van der Waals surface area contributed by atoms with Crippen LogP contribution in [-0.4, -0.2) is 41.7 Å². The molecule has 6 heteroatoms. The fourth-order valence-corrected chi connectivity index (χ4v) is 2.75. The van der Waals surface area contributed by atoms with Crippen LogP contribution in [0, 0.1) is 20.8 Å². The highest BCUT2D eigenvalue weighted by atomic mass is 16.5. The van der Waals surface area contributed by atoms with Gasteiger partial charge in [-0.25, -0.2) is 4.79 Å². The molecule has 0 unspecified atom stereocenters. The summed E-state index contributed by atoms with van der Waals surface area (Å²) in [4.78, 5) is 18.0. The van der Waals surface area contributed by atoms with Crippen LogP contribution in [0.2, 0.25) is 0 Å². The van der Waals surface area contributed by atoms with E-state index in [0.717, 1.165) is 38.9 Å². The first-order chi connectivity index (χ1) is 12.0. The van der Waals surface area contributed by atoms with Gasteiger partial charge in [-0.05, 0) is 45.0 Å². The largest absolute Gasteiger partial charge is 0.490 e. The van der Waals surface area contributed by atoms with Crippen molar-refractivity contribution >= 4 is 27.7 Å². The minimum absolute atomic E-state index is 0. The van der Waals surface area contributed by atoms with E-state index in [9.17, 15) is 0 Å². The fourth-order valence-electron chi connectivity index (χ4n) is 2.75. The van der Waals surface area contributed by atoms with Crippen molar-refractivity contribution < 1.29 is 19.7 Å². The third-order valence-corrected chi connectivity index (χ3v) is 3.73. The maximum atomic E-state index is 8.57. The molecule has 0 fully saturated rings. The molecule has 0 saturated heterocycles. The van der Waals surface area contributed by atoms with Crippen LogP contribution in [0.5, 0.6) is 5.75 Å². The summed E-state index contributed by atoms with van der Waals surface area (Å²) in [6, 6.07) is 8.22. The number of methoxy groups -OCH3 is 1. The zero-order valence-corrected chi connectivity index (χ0v) is 15.5. The number of aryl methyl sites for hydroxylation is 3. The number of pyridine rings is 2. The van der Waals surface area contributed by atoms with Crippen LogP contribution in [0.25, 0.3) is 21.8 Å². The van der Waals surface area contributed by atoms with E-state index in [1.165, 1.54) is 11.5 Å². The minimum Gasteiger partial charge on any atom is -0.490 e. The van der Waals surface area contributed by atoms with Gasteiger partial charge in [-0.3, -0.25) is 9.97 Å². The Labute approximate surface area is 152 Å². The van der Waals surface area contributed by atoms with Crippen LogP contribution in [0.15, 0.2) is 30.8 Å². The Morgan fingerprint density at radius 1 is 1.00 bits per heavy atom. The van der Waals surface area contributed by atoms with Crippen LogP contribution >= 0.6 is 0 Å². The van der Waals surface area contributed by atoms with Crippen molar-refractivity contribution in [3.63, 3.8) is 0 Å². The molecule has 0 saturated carbocycles. The Morgan fingerprint density at radius 2 is 1.54 bits per heavy atom. The predicted octanol–water partition coefficient (Wildman–Crippen LogP) is 2.91. The highest BCUT2D eigenvalue weighted by Gasteiger charge is 2.11. The zero-order valence-electron chi connectivity index (χ0n) is 15.5. The molecule has 0 aliphatic carbocycles. The molecule has 0 atom stereocenters. The molecule has 3 aromatic rings. The number of aromatic nitrogens is 2. The fraction of sp³-hybridized carbons (Fsp3) is 0.300. The van der Waals surface area contributed by atoms with Crippen LogP contribution < -0.4 is 4.74 Å². The molecule has 138 valence electrons. The number of hydrogen-bond acceptors (Lipinski definition) is 5.